The molecule has 6 rings (SSSR count). The van der Waals surface area contributed by atoms with Gasteiger partial charge in [0, 0.05) is 62.0 Å². The molecule has 0 atom stereocenters. The maximum absolute atomic E-state index is 15.4. The zero-order valence-corrected chi connectivity index (χ0v) is 24.9. The molecule has 2 aromatic carbocycles. The van der Waals surface area contributed by atoms with Gasteiger partial charge < -0.3 is 29.9 Å². The zero-order valence-electron chi connectivity index (χ0n) is 24.9. The van der Waals surface area contributed by atoms with Gasteiger partial charge in [0.25, 0.3) is 0 Å². The van der Waals surface area contributed by atoms with Crippen molar-refractivity contribution in [3.05, 3.63) is 73.5 Å². The molecule has 4 aromatic rings. The van der Waals surface area contributed by atoms with Crippen molar-refractivity contribution < 1.29 is 18.7 Å². The molecule has 1 aliphatic heterocycles. The van der Waals surface area contributed by atoms with Crippen molar-refractivity contribution in [1.82, 2.24) is 19.9 Å². The molecule has 1 saturated carbocycles. The van der Waals surface area contributed by atoms with Crippen LogP contribution in [0.3, 0.4) is 0 Å². The monoisotopic (exact) mass is 597 g/mol. The number of aromatic nitrogens is 3. The van der Waals surface area contributed by atoms with Crippen molar-refractivity contribution in [2.45, 2.75) is 44.2 Å². The zero-order chi connectivity index (χ0) is 30.6. The quantitative estimate of drug-likeness (QED) is 0.204. The first-order valence-electron chi connectivity index (χ1n) is 14.9. The Balaban J connectivity index is 1.18. The largest absolute Gasteiger partial charge is 0.495 e. The van der Waals surface area contributed by atoms with E-state index in [0.717, 1.165) is 37.2 Å². The summed E-state index contributed by atoms with van der Waals surface area (Å²) in [6.07, 6.45) is 9.62. The van der Waals surface area contributed by atoms with Gasteiger partial charge in [-0.2, -0.15) is 0 Å². The molecule has 0 radical (unpaired) electrons. The third-order valence-electron chi connectivity index (χ3n) is 8.43. The predicted molar refractivity (Wildman–Crippen MR) is 170 cm³/mol. The van der Waals surface area contributed by atoms with Gasteiger partial charge in [-0.3, -0.25) is 4.79 Å². The van der Waals surface area contributed by atoms with Crippen molar-refractivity contribution in [3.63, 3.8) is 0 Å². The fourth-order valence-electron chi connectivity index (χ4n) is 5.60. The molecular formula is C33H36FN7O3. The number of methoxy groups -OCH3 is 1. The van der Waals surface area contributed by atoms with E-state index in [2.05, 4.69) is 37.1 Å². The van der Waals surface area contributed by atoms with Gasteiger partial charge in [-0.15, -0.1) is 0 Å². The van der Waals surface area contributed by atoms with E-state index in [1.165, 1.54) is 24.9 Å². The number of hydrogen-bond donors (Lipinski definition) is 2. The van der Waals surface area contributed by atoms with Crippen LogP contribution in [-0.4, -0.2) is 65.1 Å². The molecule has 1 amide bonds. The summed E-state index contributed by atoms with van der Waals surface area (Å²) in [5, 5.41) is 7.39. The molecular weight excluding hydrogens is 561 g/mol. The van der Waals surface area contributed by atoms with Crippen LogP contribution in [0.1, 0.15) is 32.1 Å². The van der Waals surface area contributed by atoms with Crippen LogP contribution in [0.5, 0.6) is 17.2 Å². The lowest BCUT2D eigenvalue weighted by atomic mass is 9.92. The second-order valence-corrected chi connectivity index (χ2v) is 11.2. The number of halogens is 1. The highest BCUT2D eigenvalue weighted by Gasteiger charge is 2.24. The summed E-state index contributed by atoms with van der Waals surface area (Å²) in [6, 6.07) is 12.7. The minimum Gasteiger partial charge on any atom is -0.495 e. The van der Waals surface area contributed by atoms with Crippen LogP contribution in [-0.2, 0) is 4.79 Å². The third-order valence-corrected chi connectivity index (χ3v) is 8.43. The van der Waals surface area contributed by atoms with E-state index >= 15 is 4.39 Å². The smallest absolute Gasteiger partial charge is 0.245 e. The number of pyridine rings is 1. The van der Waals surface area contributed by atoms with Crippen LogP contribution in [0.25, 0.3) is 10.9 Å². The number of carbonyl (C=O) groups excluding carboxylic acids is 1. The maximum atomic E-state index is 15.4. The highest BCUT2D eigenvalue weighted by Crippen LogP contribution is 2.36. The summed E-state index contributed by atoms with van der Waals surface area (Å²) in [5.74, 6) is 2.36. The SMILES string of the molecule is C=CC(=O)N1CCC(Nc2cc3c(Nc4ccc(Oc5ccnc(N(C)C6CCC6)c5)cc4F)ncnc3cc2OC)CC1. The number of anilines is 4. The van der Waals surface area contributed by atoms with E-state index in [9.17, 15) is 4.79 Å². The summed E-state index contributed by atoms with van der Waals surface area (Å²) < 4.78 is 27.0. The van der Waals surface area contributed by atoms with Crippen LogP contribution in [0.4, 0.5) is 27.4 Å². The standard InChI is InChI=1S/C33H36FN7O3/c1-4-32(42)41-14-11-21(12-15-41)38-29-18-25-28(19-30(29)43-3)36-20-37-33(25)39-27-9-8-23(16-26(27)34)44-24-10-13-35-31(17-24)40(2)22-6-5-7-22/h4,8-10,13,16-22,38H,1,5-7,11-12,14-15H2,2-3H3,(H,36,37,39). The fraction of sp³-hybridized carbons (Fsp3) is 0.333. The molecule has 228 valence electrons. The first-order chi connectivity index (χ1) is 21.4. The lowest BCUT2D eigenvalue weighted by Gasteiger charge is -2.35. The molecule has 0 spiro atoms. The minimum atomic E-state index is -0.484. The number of piperidine rings is 1. The number of fused-ring (bicyclic) bond motifs is 1. The molecule has 2 N–H and O–H groups in total. The number of benzene rings is 2. The second-order valence-electron chi connectivity index (χ2n) is 11.2. The molecule has 0 bridgehead atoms. The molecule has 44 heavy (non-hydrogen) atoms. The molecule has 1 saturated heterocycles. The summed E-state index contributed by atoms with van der Waals surface area (Å²) in [5.41, 5.74) is 1.68. The number of nitrogens with zero attached hydrogens (tertiary/aromatic N) is 5. The van der Waals surface area contributed by atoms with E-state index in [4.69, 9.17) is 9.47 Å². The Bertz CT molecular complexity index is 1670. The first kappa shape index (κ1) is 29.2. The molecule has 0 unspecified atom stereocenters. The number of hydrogen-bond acceptors (Lipinski definition) is 9. The number of ether oxygens (including phenoxy) is 2. The summed E-state index contributed by atoms with van der Waals surface area (Å²) in [7, 11) is 3.65. The molecule has 3 heterocycles. The number of likely N-dealkylation sites (tertiary alicyclic amines) is 1. The van der Waals surface area contributed by atoms with Crippen LogP contribution >= 0.6 is 0 Å². The second kappa shape index (κ2) is 12.7. The topological polar surface area (TPSA) is 105 Å². The van der Waals surface area contributed by atoms with Gasteiger partial charge in [0.2, 0.25) is 5.91 Å². The highest BCUT2D eigenvalue weighted by atomic mass is 19.1. The van der Waals surface area contributed by atoms with Crippen molar-refractivity contribution in [2.75, 3.05) is 42.8 Å². The summed E-state index contributed by atoms with van der Waals surface area (Å²) in [6.45, 7) is 4.87. The van der Waals surface area contributed by atoms with Crippen molar-refractivity contribution in [3.8, 4) is 17.2 Å². The lowest BCUT2D eigenvalue weighted by Crippen LogP contribution is -2.41. The average molecular weight is 598 g/mol. The van der Waals surface area contributed by atoms with Gasteiger partial charge >= 0.3 is 0 Å². The van der Waals surface area contributed by atoms with E-state index in [0.29, 0.717) is 53.1 Å². The maximum Gasteiger partial charge on any atom is 0.245 e. The van der Waals surface area contributed by atoms with Crippen molar-refractivity contribution in [1.29, 1.82) is 0 Å². The predicted octanol–water partition coefficient (Wildman–Crippen LogP) is 6.29. The Morgan fingerprint density at radius 2 is 1.84 bits per heavy atom. The molecule has 2 aromatic heterocycles. The van der Waals surface area contributed by atoms with Crippen LogP contribution in [0.2, 0.25) is 0 Å². The van der Waals surface area contributed by atoms with E-state index in [1.54, 1.807) is 36.4 Å². The Kier molecular flexibility index (Phi) is 8.44. The Morgan fingerprint density at radius 1 is 1.05 bits per heavy atom. The van der Waals surface area contributed by atoms with Gasteiger partial charge in [0.15, 0.2) is 0 Å². The number of rotatable bonds is 10. The summed E-state index contributed by atoms with van der Waals surface area (Å²) in [4.78, 5) is 29.2. The Morgan fingerprint density at radius 3 is 2.55 bits per heavy atom. The third kappa shape index (κ3) is 6.22. The van der Waals surface area contributed by atoms with Gasteiger partial charge in [0.05, 0.1) is 24.0 Å². The van der Waals surface area contributed by atoms with E-state index < -0.39 is 5.82 Å². The first-order valence-corrected chi connectivity index (χ1v) is 14.9. The van der Waals surface area contributed by atoms with Crippen LogP contribution in [0, 0.1) is 5.82 Å². The van der Waals surface area contributed by atoms with Crippen molar-refractivity contribution in [2.24, 2.45) is 0 Å². The molecule has 11 heteroatoms. The van der Waals surface area contributed by atoms with E-state index in [1.807, 2.05) is 25.2 Å². The lowest BCUT2D eigenvalue weighted by molar-refractivity contribution is -0.126. The Labute approximate surface area is 255 Å². The van der Waals surface area contributed by atoms with Crippen LogP contribution < -0.4 is 25.0 Å². The van der Waals surface area contributed by atoms with Gasteiger partial charge in [0.1, 0.15) is 41.0 Å². The van der Waals surface area contributed by atoms with Gasteiger partial charge in [-0.05, 0) is 62.4 Å². The molecule has 2 fully saturated rings. The molecule has 1 aliphatic carbocycles. The fourth-order valence-corrected chi connectivity index (χ4v) is 5.60. The van der Waals surface area contributed by atoms with Crippen molar-refractivity contribution >= 4 is 39.8 Å². The molecule has 2 aliphatic rings. The minimum absolute atomic E-state index is 0.0509. The number of nitrogens with one attached hydrogen (secondary N) is 2. The highest BCUT2D eigenvalue weighted by molar-refractivity contribution is 5.95. The number of amides is 1. The Hall–Kier alpha value is -4.93. The molecule has 10 nitrogen and oxygen atoms in total. The normalized spacial score (nSPS) is 15.4. The van der Waals surface area contributed by atoms with Crippen LogP contribution in [0.15, 0.2) is 67.6 Å². The average Bonchev–Trinajstić information content (AvgIpc) is 3.01. The summed E-state index contributed by atoms with van der Waals surface area (Å²) >= 11 is 0. The van der Waals surface area contributed by atoms with E-state index in [-0.39, 0.29) is 17.6 Å². The van der Waals surface area contributed by atoms with Gasteiger partial charge in [-0.1, -0.05) is 6.58 Å². The van der Waals surface area contributed by atoms with Gasteiger partial charge in [-0.25, -0.2) is 19.3 Å². The number of carbonyl (C=O) groups is 1.